The van der Waals surface area contributed by atoms with Crippen molar-refractivity contribution in [1.82, 2.24) is 14.9 Å². The third-order valence-corrected chi connectivity index (χ3v) is 3.55. The van der Waals surface area contributed by atoms with Gasteiger partial charge in [0, 0.05) is 30.7 Å². The van der Waals surface area contributed by atoms with E-state index < -0.39 is 5.97 Å². The Morgan fingerprint density at radius 2 is 2.25 bits per heavy atom. The zero-order chi connectivity index (χ0) is 14.7. The molecule has 0 aliphatic rings. The van der Waals surface area contributed by atoms with Gasteiger partial charge < -0.3 is 15.0 Å². The van der Waals surface area contributed by atoms with Gasteiger partial charge in [0.15, 0.2) is 0 Å². The highest BCUT2D eigenvalue weighted by atomic mass is 32.1. The van der Waals surface area contributed by atoms with Crippen LogP contribution in [0.3, 0.4) is 0 Å². The summed E-state index contributed by atoms with van der Waals surface area (Å²) in [5, 5.41) is 14.0. The van der Waals surface area contributed by atoms with Crippen LogP contribution in [0.25, 0.3) is 11.3 Å². The fourth-order valence-corrected chi connectivity index (χ4v) is 2.42. The summed E-state index contributed by atoms with van der Waals surface area (Å²) in [6.45, 7) is 2.04. The summed E-state index contributed by atoms with van der Waals surface area (Å²) in [6, 6.07) is 1.75. The second kappa shape index (κ2) is 5.87. The standard InChI is InChI=1S/C13H15N3O3S/c1-8-15-10(7-20-8)9-5-11(16(2)6-9)13(19)14-4-3-12(17)18/h5-7H,3-4H2,1-2H3,(H,14,19)(H,17,18). The smallest absolute Gasteiger partial charge is 0.305 e. The van der Waals surface area contributed by atoms with Crippen molar-refractivity contribution in [2.24, 2.45) is 7.05 Å². The Kier molecular flexibility index (Phi) is 4.19. The van der Waals surface area contributed by atoms with Crippen molar-refractivity contribution in [2.75, 3.05) is 6.54 Å². The van der Waals surface area contributed by atoms with Gasteiger partial charge in [0.25, 0.3) is 5.91 Å². The molecule has 1 amide bonds. The van der Waals surface area contributed by atoms with Crippen LogP contribution >= 0.6 is 11.3 Å². The first-order valence-corrected chi connectivity index (χ1v) is 6.94. The first-order chi connectivity index (χ1) is 9.47. The summed E-state index contributed by atoms with van der Waals surface area (Å²) in [5.74, 6) is -1.22. The molecule has 2 aromatic rings. The van der Waals surface area contributed by atoms with Crippen molar-refractivity contribution in [3.63, 3.8) is 0 Å². The molecule has 0 atom stereocenters. The summed E-state index contributed by atoms with van der Waals surface area (Å²) in [6.07, 6.45) is 1.74. The number of aryl methyl sites for hydroxylation is 2. The van der Waals surface area contributed by atoms with Crippen LogP contribution in [-0.4, -0.2) is 33.1 Å². The Morgan fingerprint density at radius 1 is 1.50 bits per heavy atom. The van der Waals surface area contributed by atoms with Crippen molar-refractivity contribution in [1.29, 1.82) is 0 Å². The molecule has 7 heteroatoms. The molecule has 0 unspecified atom stereocenters. The van der Waals surface area contributed by atoms with E-state index in [1.54, 1.807) is 29.0 Å². The number of rotatable bonds is 5. The number of carboxylic acid groups (broad SMARTS) is 1. The van der Waals surface area contributed by atoms with Gasteiger partial charge in [0.2, 0.25) is 0 Å². The highest BCUT2D eigenvalue weighted by molar-refractivity contribution is 7.09. The minimum atomic E-state index is -0.934. The second-order valence-electron chi connectivity index (χ2n) is 4.38. The maximum absolute atomic E-state index is 12.0. The van der Waals surface area contributed by atoms with E-state index in [1.165, 1.54) is 0 Å². The Balaban J connectivity index is 2.11. The fraction of sp³-hybridized carbons (Fsp3) is 0.308. The second-order valence-corrected chi connectivity index (χ2v) is 5.44. The molecule has 0 saturated carbocycles. The number of amides is 1. The molecule has 0 aliphatic carbocycles. The number of carbonyl (C=O) groups is 2. The molecule has 2 N–H and O–H groups in total. The highest BCUT2D eigenvalue weighted by Gasteiger charge is 2.14. The van der Waals surface area contributed by atoms with Gasteiger partial charge in [-0.15, -0.1) is 11.3 Å². The van der Waals surface area contributed by atoms with E-state index in [-0.39, 0.29) is 18.9 Å². The maximum Gasteiger partial charge on any atom is 0.305 e. The largest absolute Gasteiger partial charge is 0.481 e. The summed E-state index contributed by atoms with van der Waals surface area (Å²) in [4.78, 5) is 26.7. The van der Waals surface area contributed by atoms with Crippen molar-refractivity contribution < 1.29 is 14.7 Å². The molecular formula is C13H15N3O3S. The van der Waals surface area contributed by atoms with Crippen molar-refractivity contribution >= 4 is 23.2 Å². The molecule has 6 nitrogen and oxygen atoms in total. The minimum absolute atomic E-state index is 0.0890. The monoisotopic (exact) mass is 293 g/mol. The van der Waals surface area contributed by atoms with E-state index in [2.05, 4.69) is 10.3 Å². The van der Waals surface area contributed by atoms with Crippen LogP contribution < -0.4 is 5.32 Å². The lowest BCUT2D eigenvalue weighted by Crippen LogP contribution is -2.27. The number of thiazole rings is 1. The SMILES string of the molecule is Cc1nc(-c2cc(C(=O)NCCC(=O)O)n(C)c2)cs1. The molecule has 0 bridgehead atoms. The lowest BCUT2D eigenvalue weighted by atomic mass is 10.2. The number of hydrogen-bond donors (Lipinski definition) is 2. The molecule has 106 valence electrons. The Morgan fingerprint density at radius 3 is 2.85 bits per heavy atom. The van der Waals surface area contributed by atoms with E-state index in [4.69, 9.17) is 5.11 Å². The van der Waals surface area contributed by atoms with Gasteiger partial charge in [-0.05, 0) is 13.0 Å². The van der Waals surface area contributed by atoms with Gasteiger partial charge in [-0.2, -0.15) is 0 Å². The van der Waals surface area contributed by atoms with E-state index >= 15 is 0 Å². The quantitative estimate of drug-likeness (QED) is 0.878. The maximum atomic E-state index is 12.0. The van der Waals surface area contributed by atoms with E-state index in [9.17, 15) is 9.59 Å². The van der Waals surface area contributed by atoms with Gasteiger partial charge in [-0.25, -0.2) is 4.98 Å². The molecular weight excluding hydrogens is 278 g/mol. The van der Waals surface area contributed by atoms with Crippen LogP contribution in [0.4, 0.5) is 0 Å². The van der Waals surface area contributed by atoms with Gasteiger partial charge in [-0.3, -0.25) is 9.59 Å². The van der Waals surface area contributed by atoms with Gasteiger partial charge in [0.1, 0.15) is 5.69 Å². The van der Waals surface area contributed by atoms with Crippen molar-refractivity contribution in [2.45, 2.75) is 13.3 Å². The molecule has 2 rings (SSSR count). The predicted octanol–water partition coefficient (Wildman–Crippen LogP) is 1.66. The lowest BCUT2D eigenvalue weighted by Gasteiger charge is -2.03. The number of nitrogens with one attached hydrogen (secondary N) is 1. The molecule has 0 aromatic carbocycles. The zero-order valence-corrected chi connectivity index (χ0v) is 12.0. The minimum Gasteiger partial charge on any atom is -0.481 e. The molecule has 0 fully saturated rings. The molecule has 2 heterocycles. The molecule has 0 saturated heterocycles. The van der Waals surface area contributed by atoms with Crippen LogP contribution in [0.1, 0.15) is 21.9 Å². The number of hydrogen-bond acceptors (Lipinski definition) is 4. The molecule has 0 spiro atoms. The Bertz CT molecular complexity index is 645. The van der Waals surface area contributed by atoms with Gasteiger partial charge >= 0.3 is 5.97 Å². The average molecular weight is 293 g/mol. The van der Waals surface area contributed by atoms with Crippen LogP contribution in [0, 0.1) is 6.92 Å². The van der Waals surface area contributed by atoms with Crippen LogP contribution in [0.5, 0.6) is 0 Å². The molecule has 20 heavy (non-hydrogen) atoms. The third kappa shape index (κ3) is 3.24. The average Bonchev–Trinajstić information content (AvgIpc) is 2.95. The Hall–Kier alpha value is -2.15. The summed E-state index contributed by atoms with van der Waals surface area (Å²) < 4.78 is 1.71. The van der Waals surface area contributed by atoms with Crippen molar-refractivity contribution in [3.8, 4) is 11.3 Å². The summed E-state index contributed by atoms with van der Waals surface area (Å²) >= 11 is 1.55. The zero-order valence-electron chi connectivity index (χ0n) is 11.2. The van der Waals surface area contributed by atoms with Crippen LogP contribution in [0.15, 0.2) is 17.6 Å². The number of nitrogens with zero attached hydrogens (tertiary/aromatic N) is 2. The summed E-state index contributed by atoms with van der Waals surface area (Å²) in [7, 11) is 1.77. The summed E-state index contributed by atoms with van der Waals surface area (Å²) in [5.41, 5.74) is 2.20. The number of carboxylic acids is 1. The lowest BCUT2D eigenvalue weighted by molar-refractivity contribution is -0.136. The van der Waals surface area contributed by atoms with Crippen molar-refractivity contribution in [3.05, 3.63) is 28.3 Å². The normalized spacial score (nSPS) is 10.5. The first-order valence-electron chi connectivity index (χ1n) is 6.06. The highest BCUT2D eigenvalue weighted by Crippen LogP contribution is 2.23. The molecule has 2 aromatic heterocycles. The topological polar surface area (TPSA) is 84.2 Å². The fourth-order valence-electron chi connectivity index (χ4n) is 1.80. The van der Waals surface area contributed by atoms with Crippen LogP contribution in [-0.2, 0) is 11.8 Å². The molecule has 0 aliphatic heterocycles. The van der Waals surface area contributed by atoms with E-state index in [1.807, 2.05) is 18.5 Å². The van der Waals surface area contributed by atoms with E-state index in [0.717, 1.165) is 16.3 Å². The first kappa shape index (κ1) is 14.3. The number of aromatic nitrogens is 2. The van der Waals surface area contributed by atoms with E-state index in [0.29, 0.717) is 5.69 Å². The van der Waals surface area contributed by atoms with Gasteiger partial charge in [0.05, 0.1) is 17.1 Å². The Labute approximate surface area is 120 Å². The predicted molar refractivity (Wildman–Crippen MR) is 75.8 cm³/mol. The number of aliphatic carboxylic acids is 1. The molecule has 0 radical (unpaired) electrons. The van der Waals surface area contributed by atoms with Crippen LogP contribution in [0.2, 0.25) is 0 Å². The van der Waals surface area contributed by atoms with Gasteiger partial charge in [-0.1, -0.05) is 0 Å². The number of carbonyl (C=O) groups excluding carboxylic acids is 1. The third-order valence-electron chi connectivity index (χ3n) is 2.78.